The van der Waals surface area contributed by atoms with E-state index in [0.717, 1.165) is 22.5 Å². The van der Waals surface area contributed by atoms with E-state index in [-0.39, 0.29) is 0 Å². The zero-order chi connectivity index (χ0) is 11.7. The number of benzene rings is 1. The number of hydrogen-bond acceptors (Lipinski definition) is 3. The van der Waals surface area contributed by atoms with Crippen LogP contribution in [0.15, 0.2) is 18.2 Å². The van der Waals surface area contributed by atoms with Gasteiger partial charge in [0.2, 0.25) is 0 Å². The highest BCUT2D eigenvalue weighted by molar-refractivity contribution is 5.80. The molecule has 0 bridgehead atoms. The van der Waals surface area contributed by atoms with E-state index in [0.29, 0.717) is 6.73 Å². The SMILES string of the molecule is COCN(C)c1ccc2c(c1)nc(C)n2C. The molecule has 2 aromatic rings. The molecule has 4 heteroatoms. The minimum atomic E-state index is 0.581. The van der Waals surface area contributed by atoms with Gasteiger partial charge < -0.3 is 14.2 Å². The number of aromatic nitrogens is 2. The van der Waals surface area contributed by atoms with Gasteiger partial charge in [-0.3, -0.25) is 0 Å². The van der Waals surface area contributed by atoms with Gasteiger partial charge in [-0.15, -0.1) is 0 Å². The summed E-state index contributed by atoms with van der Waals surface area (Å²) in [5, 5.41) is 0. The Labute approximate surface area is 95.4 Å². The molecule has 0 saturated carbocycles. The molecule has 0 atom stereocenters. The third kappa shape index (κ3) is 1.76. The van der Waals surface area contributed by atoms with Gasteiger partial charge in [0.05, 0.1) is 11.0 Å². The Morgan fingerprint density at radius 2 is 2.19 bits per heavy atom. The Morgan fingerprint density at radius 1 is 1.44 bits per heavy atom. The lowest BCUT2D eigenvalue weighted by molar-refractivity contribution is 0.202. The van der Waals surface area contributed by atoms with Crippen LogP contribution in [0.1, 0.15) is 5.82 Å². The van der Waals surface area contributed by atoms with Gasteiger partial charge in [-0.1, -0.05) is 0 Å². The van der Waals surface area contributed by atoms with Crippen LogP contribution in [0.25, 0.3) is 11.0 Å². The van der Waals surface area contributed by atoms with Crippen molar-refractivity contribution in [2.24, 2.45) is 7.05 Å². The van der Waals surface area contributed by atoms with Crippen molar-refractivity contribution in [1.29, 1.82) is 0 Å². The zero-order valence-corrected chi connectivity index (χ0v) is 10.2. The first-order valence-electron chi connectivity index (χ1n) is 5.26. The smallest absolute Gasteiger partial charge is 0.118 e. The van der Waals surface area contributed by atoms with Crippen LogP contribution in [0.3, 0.4) is 0 Å². The third-order valence-corrected chi connectivity index (χ3v) is 2.85. The van der Waals surface area contributed by atoms with Gasteiger partial charge in [-0.2, -0.15) is 0 Å². The molecule has 0 aliphatic carbocycles. The molecule has 2 rings (SSSR count). The summed E-state index contributed by atoms with van der Waals surface area (Å²) in [4.78, 5) is 6.56. The fourth-order valence-corrected chi connectivity index (χ4v) is 1.81. The highest BCUT2D eigenvalue weighted by Crippen LogP contribution is 2.21. The summed E-state index contributed by atoms with van der Waals surface area (Å²) < 4.78 is 7.19. The van der Waals surface area contributed by atoms with Crippen molar-refractivity contribution in [3.05, 3.63) is 24.0 Å². The highest BCUT2D eigenvalue weighted by atomic mass is 16.5. The molecule has 0 N–H and O–H groups in total. The zero-order valence-electron chi connectivity index (χ0n) is 10.2. The van der Waals surface area contributed by atoms with Crippen molar-refractivity contribution in [2.45, 2.75) is 6.92 Å². The lowest BCUT2D eigenvalue weighted by Crippen LogP contribution is -2.19. The summed E-state index contributed by atoms with van der Waals surface area (Å²) in [6.07, 6.45) is 0. The second-order valence-corrected chi connectivity index (χ2v) is 4.01. The van der Waals surface area contributed by atoms with Crippen molar-refractivity contribution in [1.82, 2.24) is 9.55 Å². The lowest BCUT2D eigenvalue weighted by Gasteiger charge is -2.17. The predicted octanol–water partition coefficient (Wildman–Crippen LogP) is 1.92. The molecule has 86 valence electrons. The van der Waals surface area contributed by atoms with Crippen LogP contribution < -0.4 is 4.90 Å². The second kappa shape index (κ2) is 4.14. The maximum Gasteiger partial charge on any atom is 0.118 e. The minimum Gasteiger partial charge on any atom is -0.364 e. The number of anilines is 1. The molecule has 1 heterocycles. The summed E-state index contributed by atoms with van der Waals surface area (Å²) >= 11 is 0. The first-order chi connectivity index (χ1) is 7.63. The van der Waals surface area contributed by atoms with Crippen LogP contribution in [0.2, 0.25) is 0 Å². The Bertz CT molecular complexity index is 504. The topological polar surface area (TPSA) is 30.3 Å². The largest absolute Gasteiger partial charge is 0.364 e. The summed E-state index contributed by atoms with van der Waals surface area (Å²) in [6.45, 7) is 2.59. The number of aryl methyl sites for hydroxylation is 2. The van der Waals surface area contributed by atoms with Gasteiger partial charge in [-0.25, -0.2) is 4.98 Å². The maximum absolute atomic E-state index is 5.10. The van der Waals surface area contributed by atoms with E-state index >= 15 is 0 Å². The van der Waals surface area contributed by atoms with Crippen molar-refractivity contribution in [2.75, 3.05) is 25.8 Å². The Kier molecular flexibility index (Phi) is 2.83. The Morgan fingerprint density at radius 3 is 2.88 bits per heavy atom. The minimum absolute atomic E-state index is 0.581. The molecule has 0 unspecified atom stereocenters. The standard InChI is InChI=1S/C12H17N3O/c1-9-13-11-7-10(14(2)8-16-4)5-6-12(11)15(9)3/h5-7H,8H2,1-4H3. The fourth-order valence-electron chi connectivity index (χ4n) is 1.81. The summed E-state index contributed by atoms with van der Waals surface area (Å²) in [7, 11) is 5.73. The molecular formula is C12H17N3O. The normalized spacial score (nSPS) is 11.0. The highest BCUT2D eigenvalue weighted by Gasteiger charge is 2.06. The molecule has 4 nitrogen and oxygen atoms in total. The van der Waals surface area contributed by atoms with Crippen LogP contribution in [-0.4, -0.2) is 30.4 Å². The molecule has 1 aromatic heterocycles. The summed E-state index contributed by atoms with van der Waals surface area (Å²) in [5.74, 6) is 1.03. The molecule has 0 amide bonds. The van der Waals surface area contributed by atoms with E-state index in [9.17, 15) is 0 Å². The van der Waals surface area contributed by atoms with Crippen molar-refractivity contribution in [3.63, 3.8) is 0 Å². The van der Waals surface area contributed by atoms with Crippen molar-refractivity contribution < 1.29 is 4.74 Å². The van der Waals surface area contributed by atoms with Gasteiger partial charge in [0.25, 0.3) is 0 Å². The van der Waals surface area contributed by atoms with Crippen LogP contribution in [0.4, 0.5) is 5.69 Å². The number of hydrogen-bond donors (Lipinski definition) is 0. The third-order valence-electron chi connectivity index (χ3n) is 2.85. The summed E-state index contributed by atoms with van der Waals surface area (Å²) in [5.41, 5.74) is 3.31. The van der Waals surface area contributed by atoms with Gasteiger partial charge in [0, 0.05) is 26.9 Å². The number of ether oxygens (including phenoxy) is 1. The summed E-state index contributed by atoms with van der Waals surface area (Å²) in [6, 6.07) is 6.26. The Balaban J connectivity index is 2.44. The van der Waals surface area contributed by atoms with E-state index in [1.807, 2.05) is 25.9 Å². The lowest BCUT2D eigenvalue weighted by atomic mass is 10.2. The molecule has 0 spiro atoms. The van der Waals surface area contributed by atoms with Gasteiger partial charge in [0.1, 0.15) is 12.6 Å². The second-order valence-electron chi connectivity index (χ2n) is 4.01. The quantitative estimate of drug-likeness (QED) is 0.739. The molecule has 0 aliphatic heterocycles. The van der Waals surface area contributed by atoms with Crippen LogP contribution >= 0.6 is 0 Å². The number of rotatable bonds is 3. The Hall–Kier alpha value is -1.55. The van der Waals surface area contributed by atoms with Gasteiger partial charge in [-0.05, 0) is 25.1 Å². The molecule has 0 radical (unpaired) electrons. The van der Waals surface area contributed by atoms with Crippen LogP contribution in [0, 0.1) is 6.92 Å². The fraction of sp³-hybridized carbons (Fsp3) is 0.417. The van der Waals surface area contributed by atoms with E-state index in [1.165, 1.54) is 0 Å². The van der Waals surface area contributed by atoms with E-state index < -0.39 is 0 Å². The molecular weight excluding hydrogens is 202 g/mol. The number of nitrogens with zero attached hydrogens (tertiary/aromatic N) is 3. The van der Waals surface area contributed by atoms with Crippen molar-refractivity contribution >= 4 is 16.7 Å². The first-order valence-corrected chi connectivity index (χ1v) is 5.26. The van der Waals surface area contributed by atoms with E-state index in [4.69, 9.17) is 4.74 Å². The molecule has 16 heavy (non-hydrogen) atoms. The molecule has 0 fully saturated rings. The van der Waals surface area contributed by atoms with E-state index in [1.54, 1.807) is 7.11 Å². The average molecular weight is 219 g/mol. The average Bonchev–Trinajstić information content (AvgIpc) is 2.55. The molecule has 0 aliphatic rings. The van der Waals surface area contributed by atoms with Crippen molar-refractivity contribution in [3.8, 4) is 0 Å². The predicted molar refractivity (Wildman–Crippen MR) is 65.7 cm³/mol. The van der Waals surface area contributed by atoms with E-state index in [2.05, 4.69) is 27.8 Å². The maximum atomic E-state index is 5.10. The van der Waals surface area contributed by atoms with Gasteiger partial charge >= 0.3 is 0 Å². The first kappa shape index (κ1) is 11.0. The molecule has 0 saturated heterocycles. The van der Waals surface area contributed by atoms with Gasteiger partial charge in [0.15, 0.2) is 0 Å². The van der Waals surface area contributed by atoms with Crippen LogP contribution in [-0.2, 0) is 11.8 Å². The number of imidazole rings is 1. The number of methoxy groups -OCH3 is 1. The van der Waals surface area contributed by atoms with Crippen LogP contribution in [0.5, 0.6) is 0 Å². The monoisotopic (exact) mass is 219 g/mol. The molecule has 1 aromatic carbocycles. The number of fused-ring (bicyclic) bond motifs is 1.